The second kappa shape index (κ2) is 11.1. The molecular formula is C17H24F3IN6. The lowest BCUT2D eigenvalue weighted by molar-refractivity contribution is -0.137. The molecule has 10 heteroatoms. The molecule has 0 aliphatic heterocycles. The molecule has 6 nitrogen and oxygen atoms in total. The van der Waals surface area contributed by atoms with E-state index in [9.17, 15) is 13.2 Å². The Morgan fingerprint density at radius 3 is 2.41 bits per heavy atom. The maximum absolute atomic E-state index is 12.5. The van der Waals surface area contributed by atoms with E-state index in [-0.39, 0.29) is 24.0 Å². The van der Waals surface area contributed by atoms with E-state index in [0.717, 1.165) is 36.5 Å². The number of hydrogen-bond donors (Lipinski definition) is 2. The van der Waals surface area contributed by atoms with Crippen LogP contribution in [0.15, 0.2) is 35.6 Å². The van der Waals surface area contributed by atoms with E-state index in [0.29, 0.717) is 25.5 Å². The fourth-order valence-corrected chi connectivity index (χ4v) is 2.44. The summed E-state index contributed by atoms with van der Waals surface area (Å²) in [6.45, 7) is 3.97. The summed E-state index contributed by atoms with van der Waals surface area (Å²) in [4.78, 5) is 4.13. The molecule has 2 rings (SSSR count). The van der Waals surface area contributed by atoms with Crippen LogP contribution in [0.3, 0.4) is 0 Å². The molecule has 1 heterocycles. The first-order valence-electron chi connectivity index (χ1n) is 8.41. The Labute approximate surface area is 173 Å². The minimum absolute atomic E-state index is 0. The summed E-state index contributed by atoms with van der Waals surface area (Å²) in [7, 11) is 1.67. The molecule has 0 radical (unpaired) electrons. The highest BCUT2D eigenvalue weighted by atomic mass is 127. The van der Waals surface area contributed by atoms with Crippen molar-refractivity contribution in [3.63, 3.8) is 0 Å². The quantitative estimate of drug-likeness (QED) is 0.352. The average molecular weight is 496 g/mol. The lowest BCUT2D eigenvalue weighted by Gasteiger charge is -2.13. The fraction of sp³-hybridized carbons (Fsp3) is 0.471. The van der Waals surface area contributed by atoms with Gasteiger partial charge in [-0.3, -0.25) is 4.99 Å². The maximum atomic E-state index is 12.5. The molecule has 0 amide bonds. The van der Waals surface area contributed by atoms with Crippen molar-refractivity contribution in [3.8, 4) is 0 Å². The van der Waals surface area contributed by atoms with Crippen molar-refractivity contribution in [1.82, 2.24) is 25.4 Å². The summed E-state index contributed by atoms with van der Waals surface area (Å²) in [6.07, 6.45) is -1.18. The van der Waals surface area contributed by atoms with Gasteiger partial charge in [-0.05, 0) is 24.1 Å². The smallest absolute Gasteiger partial charge is 0.356 e. The number of benzene rings is 1. The number of guanidine groups is 1. The Morgan fingerprint density at radius 2 is 1.81 bits per heavy atom. The van der Waals surface area contributed by atoms with E-state index in [4.69, 9.17) is 0 Å². The SMILES string of the molecule is CCc1nncn1CCNC(=NC)NCCc1ccc(C(F)(F)F)cc1.I. The van der Waals surface area contributed by atoms with Crippen LogP contribution in [0.5, 0.6) is 0 Å². The van der Waals surface area contributed by atoms with Crippen LogP contribution < -0.4 is 10.6 Å². The molecule has 27 heavy (non-hydrogen) atoms. The van der Waals surface area contributed by atoms with Crippen LogP contribution in [0.25, 0.3) is 0 Å². The minimum atomic E-state index is -4.30. The van der Waals surface area contributed by atoms with E-state index in [2.05, 4.69) is 25.8 Å². The van der Waals surface area contributed by atoms with Crippen molar-refractivity contribution in [2.75, 3.05) is 20.1 Å². The zero-order valence-corrected chi connectivity index (χ0v) is 17.6. The average Bonchev–Trinajstić information content (AvgIpc) is 3.07. The molecule has 150 valence electrons. The Balaban J connectivity index is 0.00000364. The molecule has 1 aromatic heterocycles. The van der Waals surface area contributed by atoms with Gasteiger partial charge < -0.3 is 15.2 Å². The predicted octanol–water partition coefficient (Wildman–Crippen LogP) is 2.89. The molecule has 0 saturated carbocycles. The number of aliphatic imine (C=N–C) groups is 1. The van der Waals surface area contributed by atoms with Crippen molar-refractivity contribution < 1.29 is 13.2 Å². The number of halogens is 4. The Kier molecular flexibility index (Phi) is 9.53. The van der Waals surface area contributed by atoms with Crippen LogP contribution in [0.1, 0.15) is 23.9 Å². The van der Waals surface area contributed by atoms with Crippen molar-refractivity contribution >= 4 is 29.9 Å². The number of nitrogens with one attached hydrogen (secondary N) is 2. The van der Waals surface area contributed by atoms with Gasteiger partial charge in [0.2, 0.25) is 0 Å². The summed E-state index contributed by atoms with van der Waals surface area (Å²) in [5.74, 6) is 1.57. The van der Waals surface area contributed by atoms with E-state index < -0.39 is 11.7 Å². The van der Waals surface area contributed by atoms with E-state index in [1.807, 2.05) is 11.5 Å². The Hall–Kier alpha value is -1.85. The number of aryl methyl sites for hydroxylation is 1. The highest BCUT2D eigenvalue weighted by molar-refractivity contribution is 14.0. The summed E-state index contributed by atoms with van der Waals surface area (Å²) >= 11 is 0. The second-order valence-electron chi connectivity index (χ2n) is 5.66. The predicted molar refractivity (Wildman–Crippen MR) is 109 cm³/mol. The summed E-state index contributed by atoms with van der Waals surface area (Å²) in [5, 5.41) is 14.2. The molecule has 2 aromatic rings. The van der Waals surface area contributed by atoms with Crippen molar-refractivity contribution in [3.05, 3.63) is 47.5 Å². The van der Waals surface area contributed by atoms with Crippen molar-refractivity contribution in [1.29, 1.82) is 0 Å². The van der Waals surface area contributed by atoms with Gasteiger partial charge in [-0.25, -0.2) is 0 Å². The lowest BCUT2D eigenvalue weighted by Crippen LogP contribution is -2.39. The van der Waals surface area contributed by atoms with Gasteiger partial charge in [-0.1, -0.05) is 19.1 Å². The number of rotatable bonds is 7. The van der Waals surface area contributed by atoms with Crippen LogP contribution in [0, 0.1) is 0 Å². The van der Waals surface area contributed by atoms with Crippen molar-refractivity contribution in [2.24, 2.45) is 4.99 Å². The third kappa shape index (κ3) is 7.35. The van der Waals surface area contributed by atoms with Gasteiger partial charge in [-0.2, -0.15) is 13.2 Å². The third-order valence-corrected chi connectivity index (χ3v) is 3.87. The van der Waals surface area contributed by atoms with Gasteiger partial charge in [0.1, 0.15) is 12.2 Å². The van der Waals surface area contributed by atoms with Crippen LogP contribution in [-0.4, -0.2) is 40.9 Å². The molecule has 0 aliphatic carbocycles. The normalized spacial score (nSPS) is 11.8. The molecule has 0 atom stereocenters. The molecule has 1 aromatic carbocycles. The van der Waals surface area contributed by atoms with Gasteiger partial charge in [-0.15, -0.1) is 34.2 Å². The lowest BCUT2D eigenvalue weighted by atomic mass is 10.1. The third-order valence-electron chi connectivity index (χ3n) is 3.87. The van der Waals surface area contributed by atoms with Crippen LogP contribution in [-0.2, 0) is 25.6 Å². The monoisotopic (exact) mass is 496 g/mol. The minimum Gasteiger partial charge on any atom is -0.356 e. The number of nitrogens with zero attached hydrogens (tertiary/aromatic N) is 4. The molecule has 0 unspecified atom stereocenters. The van der Waals surface area contributed by atoms with Gasteiger partial charge >= 0.3 is 6.18 Å². The van der Waals surface area contributed by atoms with Crippen LogP contribution in [0.4, 0.5) is 13.2 Å². The fourth-order valence-electron chi connectivity index (χ4n) is 2.44. The van der Waals surface area contributed by atoms with Crippen molar-refractivity contribution in [2.45, 2.75) is 32.5 Å². The topological polar surface area (TPSA) is 67.1 Å². The molecule has 0 spiro atoms. The van der Waals surface area contributed by atoms with E-state index in [1.54, 1.807) is 13.4 Å². The van der Waals surface area contributed by atoms with Crippen LogP contribution in [0.2, 0.25) is 0 Å². The molecular weight excluding hydrogens is 472 g/mol. The first kappa shape index (κ1) is 23.2. The number of alkyl halides is 3. The molecule has 0 aliphatic rings. The molecule has 0 bridgehead atoms. The van der Waals surface area contributed by atoms with Gasteiger partial charge in [0.25, 0.3) is 0 Å². The molecule has 0 saturated heterocycles. The number of aromatic nitrogens is 3. The standard InChI is InChI=1S/C17H23F3N6.HI/c1-3-15-25-24-12-26(15)11-10-23-16(21-2)22-9-8-13-4-6-14(7-5-13)17(18,19)20;/h4-7,12H,3,8-11H2,1-2H3,(H2,21,22,23);1H. The maximum Gasteiger partial charge on any atom is 0.416 e. The van der Waals surface area contributed by atoms with Gasteiger partial charge in [0.05, 0.1) is 5.56 Å². The zero-order chi connectivity index (χ0) is 19.0. The Morgan fingerprint density at radius 1 is 1.15 bits per heavy atom. The van der Waals surface area contributed by atoms with E-state index in [1.165, 1.54) is 12.1 Å². The highest BCUT2D eigenvalue weighted by Crippen LogP contribution is 2.29. The largest absolute Gasteiger partial charge is 0.416 e. The summed E-state index contributed by atoms with van der Waals surface area (Å²) in [5.41, 5.74) is 0.199. The van der Waals surface area contributed by atoms with Gasteiger partial charge in [0.15, 0.2) is 5.96 Å². The number of hydrogen-bond acceptors (Lipinski definition) is 3. The van der Waals surface area contributed by atoms with Gasteiger partial charge in [0, 0.05) is 33.1 Å². The first-order chi connectivity index (χ1) is 12.4. The first-order valence-corrected chi connectivity index (χ1v) is 8.41. The highest BCUT2D eigenvalue weighted by Gasteiger charge is 2.29. The van der Waals surface area contributed by atoms with E-state index >= 15 is 0 Å². The molecule has 0 fully saturated rings. The Bertz CT molecular complexity index is 712. The summed E-state index contributed by atoms with van der Waals surface area (Å²) < 4.78 is 39.6. The summed E-state index contributed by atoms with van der Waals surface area (Å²) in [6, 6.07) is 5.21. The second-order valence-corrected chi connectivity index (χ2v) is 5.66. The van der Waals surface area contributed by atoms with Crippen LogP contribution >= 0.6 is 24.0 Å². The zero-order valence-electron chi connectivity index (χ0n) is 15.3. The molecule has 2 N–H and O–H groups in total.